The van der Waals surface area contributed by atoms with Gasteiger partial charge in [0.25, 0.3) is 0 Å². The zero-order chi connectivity index (χ0) is 23.7. The van der Waals surface area contributed by atoms with Gasteiger partial charge in [-0.1, -0.05) is 50.3 Å². The predicted octanol–water partition coefficient (Wildman–Crippen LogP) is 5.80. The van der Waals surface area contributed by atoms with Crippen LogP contribution < -0.4 is 9.47 Å². The van der Waals surface area contributed by atoms with Gasteiger partial charge in [-0.15, -0.1) is 13.2 Å². The molecule has 2 atom stereocenters. The number of allylic oxidation sites excluding steroid dienone is 2. The summed E-state index contributed by atoms with van der Waals surface area (Å²) in [6, 6.07) is 13.0. The van der Waals surface area contributed by atoms with Crippen molar-refractivity contribution in [3.63, 3.8) is 0 Å². The van der Waals surface area contributed by atoms with Crippen molar-refractivity contribution in [1.82, 2.24) is 0 Å². The highest BCUT2D eigenvalue weighted by Gasteiger charge is 2.41. The molecule has 0 radical (unpaired) electrons. The van der Waals surface area contributed by atoms with Crippen molar-refractivity contribution < 1.29 is 18.9 Å². The van der Waals surface area contributed by atoms with E-state index in [1.807, 2.05) is 12.2 Å². The number of epoxide rings is 2. The van der Waals surface area contributed by atoms with Crippen molar-refractivity contribution >= 4 is 0 Å². The van der Waals surface area contributed by atoms with Gasteiger partial charge in [0.15, 0.2) is 0 Å². The second-order valence-corrected chi connectivity index (χ2v) is 10.3. The van der Waals surface area contributed by atoms with Crippen LogP contribution in [0.2, 0.25) is 0 Å². The second kappa shape index (κ2) is 9.00. The van der Waals surface area contributed by atoms with Crippen LogP contribution in [0.5, 0.6) is 11.5 Å². The SMILES string of the molecule is C=CCc1cc(C(C)(C)c2ccc(OCC3(C)CO3)c(CC=C)c2)ccc1OCC1(C)CO1. The van der Waals surface area contributed by atoms with Crippen molar-refractivity contribution in [3.8, 4) is 11.5 Å². The third-order valence-electron chi connectivity index (χ3n) is 6.63. The first kappa shape index (κ1) is 23.6. The van der Waals surface area contributed by atoms with Gasteiger partial charge in [0.2, 0.25) is 0 Å². The number of benzene rings is 2. The summed E-state index contributed by atoms with van der Waals surface area (Å²) in [5.41, 5.74) is 4.28. The maximum absolute atomic E-state index is 6.11. The van der Waals surface area contributed by atoms with Crippen LogP contribution in [-0.2, 0) is 27.7 Å². The first-order chi connectivity index (χ1) is 15.7. The van der Waals surface area contributed by atoms with E-state index >= 15 is 0 Å². The van der Waals surface area contributed by atoms with E-state index in [1.54, 1.807) is 0 Å². The minimum absolute atomic E-state index is 0.141. The lowest BCUT2D eigenvalue weighted by Gasteiger charge is -2.28. The molecule has 2 aliphatic rings. The molecule has 2 fully saturated rings. The van der Waals surface area contributed by atoms with E-state index in [0.717, 1.165) is 48.7 Å². The number of ether oxygens (including phenoxy) is 4. The summed E-state index contributed by atoms with van der Waals surface area (Å²) >= 11 is 0. The molecule has 0 bridgehead atoms. The highest BCUT2D eigenvalue weighted by molar-refractivity contribution is 5.48. The van der Waals surface area contributed by atoms with E-state index in [4.69, 9.17) is 18.9 Å². The Hall–Kier alpha value is -2.56. The van der Waals surface area contributed by atoms with Gasteiger partial charge in [0.05, 0.1) is 13.2 Å². The van der Waals surface area contributed by atoms with Crippen molar-refractivity contribution in [1.29, 1.82) is 0 Å². The zero-order valence-electron chi connectivity index (χ0n) is 20.4. The predicted molar refractivity (Wildman–Crippen MR) is 133 cm³/mol. The van der Waals surface area contributed by atoms with E-state index in [1.165, 1.54) is 11.1 Å². The molecule has 2 aromatic rings. The molecule has 33 heavy (non-hydrogen) atoms. The molecule has 176 valence electrons. The molecule has 2 heterocycles. The smallest absolute Gasteiger partial charge is 0.123 e. The summed E-state index contributed by atoms with van der Waals surface area (Å²) in [5, 5.41) is 0. The first-order valence-electron chi connectivity index (χ1n) is 11.7. The summed E-state index contributed by atoms with van der Waals surface area (Å²) in [5.74, 6) is 1.80. The molecule has 4 nitrogen and oxygen atoms in total. The summed E-state index contributed by atoms with van der Waals surface area (Å²) in [7, 11) is 0. The van der Waals surface area contributed by atoms with Gasteiger partial charge in [0, 0.05) is 5.41 Å². The normalized spacial score (nSPS) is 23.6. The molecular formula is C29H36O4. The van der Waals surface area contributed by atoms with Crippen molar-refractivity contribution in [2.75, 3.05) is 26.4 Å². The van der Waals surface area contributed by atoms with E-state index in [-0.39, 0.29) is 16.6 Å². The monoisotopic (exact) mass is 448 g/mol. The van der Waals surface area contributed by atoms with E-state index in [0.29, 0.717) is 13.2 Å². The molecule has 2 aliphatic heterocycles. The van der Waals surface area contributed by atoms with Crippen LogP contribution >= 0.6 is 0 Å². The van der Waals surface area contributed by atoms with Crippen LogP contribution in [0.4, 0.5) is 0 Å². The van der Waals surface area contributed by atoms with Crippen LogP contribution in [0.15, 0.2) is 61.7 Å². The summed E-state index contributed by atoms with van der Waals surface area (Å²) in [4.78, 5) is 0. The third kappa shape index (κ3) is 5.51. The molecule has 0 saturated carbocycles. The fraction of sp³-hybridized carbons (Fsp3) is 0.448. The average molecular weight is 449 g/mol. The van der Waals surface area contributed by atoms with Crippen LogP contribution in [0.1, 0.15) is 49.9 Å². The lowest BCUT2D eigenvalue weighted by molar-refractivity contribution is 0.201. The average Bonchev–Trinajstić information content (AvgIpc) is 3.71. The Bertz CT molecular complexity index is 946. The van der Waals surface area contributed by atoms with Crippen LogP contribution in [0.3, 0.4) is 0 Å². The summed E-state index contributed by atoms with van der Waals surface area (Å²) < 4.78 is 23.1. The van der Waals surface area contributed by atoms with E-state index in [2.05, 4.69) is 77.3 Å². The molecule has 2 saturated heterocycles. The molecule has 0 aromatic heterocycles. The van der Waals surface area contributed by atoms with Crippen molar-refractivity contribution in [2.24, 2.45) is 0 Å². The maximum atomic E-state index is 6.11. The fourth-order valence-corrected chi connectivity index (χ4v) is 3.89. The molecule has 0 amide bonds. The summed E-state index contributed by atoms with van der Waals surface area (Å²) in [6.45, 7) is 19.2. The minimum Gasteiger partial charge on any atom is -0.490 e. The summed E-state index contributed by atoms with van der Waals surface area (Å²) in [6.07, 6.45) is 5.36. The van der Waals surface area contributed by atoms with Gasteiger partial charge in [0.1, 0.15) is 35.9 Å². The lowest BCUT2D eigenvalue weighted by atomic mass is 9.76. The fourth-order valence-electron chi connectivity index (χ4n) is 3.89. The highest BCUT2D eigenvalue weighted by atomic mass is 16.6. The van der Waals surface area contributed by atoms with Gasteiger partial charge in [-0.3, -0.25) is 0 Å². The van der Waals surface area contributed by atoms with Gasteiger partial charge in [-0.25, -0.2) is 0 Å². The molecule has 0 aliphatic carbocycles. The van der Waals surface area contributed by atoms with Gasteiger partial charge < -0.3 is 18.9 Å². The second-order valence-electron chi connectivity index (χ2n) is 10.3. The van der Waals surface area contributed by atoms with E-state index < -0.39 is 0 Å². The quantitative estimate of drug-likeness (QED) is 0.304. The Labute approximate surface area is 198 Å². The molecule has 4 rings (SSSR count). The topological polar surface area (TPSA) is 43.5 Å². The van der Waals surface area contributed by atoms with E-state index in [9.17, 15) is 0 Å². The Kier molecular flexibility index (Phi) is 6.43. The van der Waals surface area contributed by atoms with Crippen molar-refractivity contribution in [3.05, 3.63) is 84.0 Å². The number of rotatable bonds is 12. The van der Waals surface area contributed by atoms with Crippen molar-refractivity contribution in [2.45, 2.75) is 57.2 Å². The minimum atomic E-state index is -0.194. The molecule has 2 aromatic carbocycles. The number of hydrogen-bond acceptors (Lipinski definition) is 4. The Morgan fingerprint density at radius 2 is 1.21 bits per heavy atom. The van der Waals surface area contributed by atoms with Crippen LogP contribution in [0, 0.1) is 0 Å². The zero-order valence-corrected chi connectivity index (χ0v) is 20.4. The number of hydrogen-bond donors (Lipinski definition) is 0. The third-order valence-corrected chi connectivity index (χ3v) is 6.63. The van der Waals surface area contributed by atoms with Gasteiger partial charge in [-0.05, 0) is 61.1 Å². The lowest BCUT2D eigenvalue weighted by Crippen LogP contribution is -2.21. The van der Waals surface area contributed by atoms with Crippen LogP contribution in [0.25, 0.3) is 0 Å². The highest BCUT2D eigenvalue weighted by Crippen LogP contribution is 2.38. The van der Waals surface area contributed by atoms with Gasteiger partial charge in [-0.2, -0.15) is 0 Å². The molecule has 4 heteroatoms. The molecule has 0 spiro atoms. The Balaban J connectivity index is 1.59. The molecule has 2 unspecified atom stereocenters. The molecular weight excluding hydrogens is 412 g/mol. The Morgan fingerprint density at radius 3 is 1.55 bits per heavy atom. The largest absolute Gasteiger partial charge is 0.490 e. The maximum Gasteiger partial charge on any atom is 0.123 e. The Morgan fingerprint density at radius 1 is 0.818 bits per heavy atom. The van der Waals surface area contributed by atoms with Crippen LogP contribution in [-0.4, -0.2) is 37.6 Å². The standard InChI is InChI=1S/C29H36O4/c1-7-9-21-15-23(11-13-25(21)30-17-28(5)19-32-28)27(3,4)24-12-14-26(22(16-24)10-8-2)31-18-29(6)20-33-29/h7-8,11-16H,1-2,9-10,17-20H2,3-6H3. The first-order valence-corrected chi connectivity index (χ1v) is 11.7. The molecule has 0 N–H and O–H groups in total. The van der Waals surface area contributed by atoms with Gasteiger partial charge >= 0.3 is 0 Å².